The molecule has 0 amide bonds. The number of ether oxygens (including phenoxy) is 1. The molecule has 3 nitrogen and oxygen atoms in total. The predicted octanol–water partition coefficient (Wildman–Crippen LogP) is 0.831. The van der Waals surface area contributed by atoms with E-state index in [2.05, 4.69) is 4.74 Å². The first-order valence-electron chi connectivity index (χ1n) is 2.34. The molecule has 0 aromatic carbocycles. The van der Waals surface area contributed by atoms with Gasteiger partial charge in [0.15, 0.2) is 0 Å². The van der Waals surface area contributed by atoms with Crippen LogP contribution in [0.4, 0.5) is 4.79 Å². The van der Waals surface area contributed by atoms with Crippen LogP contribution in [-0.2, 0) is 4.74 Å². The summed E-state index contributed by atoms with van der Waals surface area (Å²) in [4.78, 5) is 9.79. The van der Waals surface area contributed by atoms with Crippen LogP contribution in [0.2, 0.25) is 0 Å². The summed E-state index contributed by atoms with van der Waals surface area (Å²) in [5.74, 6) is 0. The van der Waals surface area contributed by atoms with Gasteiger partial charge in [-0.15, -0.1) is 0 Å². The van der Waals surface area contributed by atoms with E-state index in [1.165, 1.54) is 0 Å². The fourth-order valence-corrected chi connectivity index (χ4v) is 0.262. The second kappa shape index (κ2) is 3.81. The molecule has 0 aliphatic rings. The van der Waals surface area contributed by atoms with Gasteiger partial charge in [0.2, 0.25) is 0 Å². The Bertz CT molecular complexity index is 94.9. The van der Waals surface area contributed by atoms with Gasteiger partial charge in [-0.2, -0.15) is 0 Å². The van der Waals surface area contributed by atoms with Crippen LogP contribution in [-0.4, -0.2) is 35.7 Å². The Labute approximate surface area is 66.6 Å². The van der Waals surface area contributed by atoms with E-state index in [0.717, 1.165) is 0 Å². The Hall–Kier alpha value is -0.133. The van der Waals surface area contributed by atoms with Crippen molar-refractivity contribution in [3.63, 3.8) is 0 Å². The van der Waals surface area contributed by atoms with Crippen LogP contribution in [0.15, 0.2) is 0 Å². The molecule has 0 aromatic heterocycles. The standard InChI is InChI=1S/C5H10O3.Li.H/c1-5(2,3)8-4(6)7;;/h1-3H3,(H,6,7);;. The molecule has 0 aromatic rings. The molecule has 0 aliphatic carbocycles. The second-order valence-electron chi connectivity index (χ2n) is 2.48. The minimum atomic E-state index is -1.22. The fourth-order valence-electron chi connectivity index (χ4n) is 0.262. The molecule has 0 bridgehead atoms. The molecular weight excluding hydrogens is 115 g/mol. The van der Waals surface area contributed by atoms with Crippen LogP contribution in [0.25, 0.3) is 0 Å². The van der Waals surface area contributed by atoms with Crippen molar-refractivity contribution in [3.05, 3.63) is 0 Å². The van der Waals surface area contributed by atoms with E-state index in [4.69, 9.17) is 5.11 Å². The van der Waals surface area contributed by atoms with Gasteiger partial charge in [0, 0.05) is 0 Å². The van der Waals surface area contributed by atoms with Gasteiger partial charge < -0.3 is 9.84 Å². The van der Waals surface area contributed by atoms with Gasteiger partial charge in [-0.25, -0.2) is 4.79 Å². The molecule has 0 aliphatic heterocycles. The van der Waals surface area contributed by atoms with Crippen LogP contribution in [0.1, 0.15) is 20.8 Å². The summed E-state index contributed by atoms with van der Waals surface area (Å²) in [5.41, 5.74) is -0.578. The van der Waals surface area contributed by atoms with Crippen molar-refractivity contribution in [1.29, 1.82) is 0 Å². The molecule has 1 N–H and O–H groups in total. The molecule has 0 spiro atoms. The molecule has 0 saturated heterocycles. The number of rotatable bonds is 0. The zero-order chi connectivity index (χ0) is 6.78. The van der Waals surface area contributed by atoms with Crippen LogP contribution in [0.3, 0.4) is 0 Å². The maximum absolute atomic E-state index is 9.79. The van der Waals surface area contributed by atoms with Gasteiger partial charge in [0.05, 0.1) is 0 Å². The van der Waals surface area contributed by atoms with E-state index >= 15 is 0 Å². The van der Waals surface area contributed by atoms with Gasteiger partial charge in [-0.1, -0.05) is 0 Å². The quantitative estimate of drug-likeness (QED) is 0.386. The van der Waals surface area contributed by atoms with Crippen molar-refractivity contribution in [2.24, 2.45) is 0 Å². The first-order valence-corrected chi connectivity index (χ1v) is 2.34. The number of hydrogen-bond acceptors (Lipinski definition) is 2. The summed E-state index contributed by atoms with van der Waals surface area (Å²) >= 11 is 0. The third-order valence-electron chi connectivity index (χ3n) is 0.393. The van der Waals surface area contributed by atoms with Crippen molar-refractivity contribution in [1.82, 2.24) is 0 Å². The third-order valence-corrected chi connectivity index (χ3v) is 0.393. The molecule has 0 radical (unpaired) electrons. The van der Waals surface area contributed by atoms with Crippen molar-refractivity contribution in [2.75, 3.05) is 0 Å². The number of carboxylic acid groups (broad SMARTS) is 1. The summed E-state index contributed by atoms with van der Waals surface area (Å²) in [6.45, 7) is 5.04. The van der Waals surface area contributed by atoms with Gasteiger partial charge >= 0.3 is 25.0 Å². The van der Waals surface area contributed by atoms with Gasteiger partial charge in [0.1, 0.15) is 5.60 Å². The van der Waals surface area contributed by atoms with E-state index < -0.39 is 11.8 Å². The molecular formula is C5H11LiO3. The molecule has 0 rings (SSSR count). The SMILES string of the molecule is CC(C)(C)OC(=O)O.[LiH]. The van der Waals surface area contributed by atoms with Crippen LogP contribution >= 0.6 is 0 Å². The third kappa shape index (κ3) is 11.4. The Morgan fingerprint density at radius 2 is 1.78 bits per heavy atom. The number of hydrogen-bond donors (Lipinski definition) is 1. The van der Waals surface area contributed by atoms with Crippen molar-refractivity contribution < 1.29 is 14.6 Å². The topological polar surface area (TPSA) is 46.5 Å². The van der Waals surface area contributed by atoms with Gasteiger partial charge in [-0.3, -0.25) is 0 Å². The Balaban J connectivity index is 0. The van der Waals surface area contributed by atoms with E-state index in [1.54, 1.807) is 20.8 Å². The van der Waals surface area contributed by atoms with Crippen molar-refractivity contribution in [2.45, 2.75) is 26.4 Å². The molecule has 0 atom stereocenters. The average Bonchev–Trinajstić information content (AvgIpc) is 1.21. The zero-order valence-corrected chi connectivity index (χ0v) is 5.26. The zero-order valence-electron chi connectivity index (χ0n) is 5.26. The van der Waals surface area contributed by atoms with E-state index in [9.17, 15) is 4.79 Å². The fraction of sp³-hybridized carbons (Fsp3) is 0.800. The number of carbonyl (C=O) groups is 1. The summed E-state index contributed by atoms with van der Waals surface area (Å²) in [6.07, 6.45) is -1.22. The summed E-state index contributed by atoms with van der Waals surface area (Å²) in [7, 11) is 0. The minimum absolute atomic E-state index is 0. The van der Waals surface area contributed by atoms with Crippen molar-refractivity contribution >= 4 is 25.0 Å². The summed E-state index contributed by atoms with van der Waals surface area (Å²) in [5, 5.41) is 8.03. The van der Waals surface area contributed by atoms with Crippen LogP contribution in [0.5, 0.6) is 0 Å². The second-order valence-corrected chi connectivity index (χ2v) is 2.48. The molecule has 0 saturated carbocycles. The first kappa shape index (κ1) is 11.6. The van der Waals surface area contributed by atoms with Crippen molar-refractivity contribution in [3.8, 4) is 0 Å². The maximum atomic E-state index is 9.79. The van der Waals surface area contributed by atoms with Crippen LogP contribution < -0.4 is 0 Å². The van der Waals surface area contributed by atoms with E-state index in [0.29, 0.717) is 0 Å². The first-order chi connectivity index (χ1) is 3.42. The monoisotopic (exact) mass is 126 g/mol. The summed E-state index contributed by atoms with van der Waals surface area (Å²) < 4.78 is 4.35. The van der Waals surface area contributed by atoms with Gasteiger partial charge in [0.25, 0.3) is 0 Å². The Morgan fingerprint density at radius 1 is 1.44 bits per heavy atom. The van der Waals surface area contributed by atoms with E-state index in [-0.39, 0.29) is 18.9 Å². The molecule has 0 fully saturated rings. The molecule has 50 valence electrons. The normalized spacial score (nSPS) is 9.67. The van der Waals surface area contributed by atoms with Gasteiger partial charge in [-0.05, 0) is 20.8 Å². The summed E-state index contributed by atoms with van der Waals surface area (Å²) in [6, 6.07) is 0. The molecule has 0 heterocycles. The van der Waals surface area contributed by atoms with Crippen LogP contribution in [0, 0.1) is 0 Å². The average molecular weight is 126 g/mol. The molecule has 9 heavy (non-hydrogen) atoms. The Morgan fingerprint density at radius 3 is 1.78 bits per heavy atom. The van der Waals surface area contributed by atoms with E-state index in [1.807, 2.05) is 0 Å². The molecule has 0 unspecified atom stereocenters. The molecule has 4 heteroatoms. The Kier molecular flexibility index (Phi) is 4.93. The predicted molar refractivity (Wildman–Crippen MR) is 36.0 cm³/mol.